The van der Waals surface area contributed by atoms with Crippen LogP contribution in [0.5, 0.6) is 11.5 Å². The first-order valence-corrected chi connectivity index (χ1v) is 38.9. The van der Waals surface area contributed by atoms with Crippen LogP contribution in [0.2, 0.25) is 0 Å². The first-order chi connectivity index (χ1) is 50.2. The van der Waals surface area contributed by atoms with E-state index in [-0.39, 0.29) is 69.7 Å². The molecular formula is C86H87N7O11. The number of benzene rings is 3. The van der Waals surface area contributed by atoms with Crippen LogP contribution in [0.3, 0.4) is 0 Å². The fourth-order valence-corrected chi connectivity index (χ4v) is 28.4. The number of carbonyl (C=O) groups is 3. The molecule has 12 N–H and O–H groups in total. The number of aromatic nitrogens is 4. The predicted octanol–water partition coefficient (Wildman–Crippen LogP) is 10.7. The minimum atomic E-state index is -2.56. The van der Waals surface area contributed by atoms with Gasteiger partial charge in [0, 0.05) is 104 Å². The van der Waals surface area contributed by atoms with Gasteiger partial charge in [-0.3, -0.25) is 14.4 Å². The average Bonchev–Trinajstić information content (AvgIpc) is 1.39. The smallest absolute Gasteiger partial charge is 0.261 e. The summed E-state index contributed by atoms with van der Waals surface area (Å²) >= 11 is 0. The highest BCUT2D eigenvalue weighted by Crippen LogP contribution is 2.83. The van der Waals surface area contributed by atoms with E-state index in [1.54, 1.807) is 37.4 Å². The van der Waals surface area contributed by atoms with Crippen LogP contribution < -0.4 is 21.1 Å². The second-order valence-electron chi connectivity index (χ2n) is 36.1. The van der Waals surface area contributed by atoms with Crippen molar-refractivity contribution in [3.63, 3.8) is 0 Å². The molecule has 9 spiro atoms. The third kappa shape index (κ3) is 6.99. The van der Waals surface area contributed by atoms with Gasteiger partial charge in [-0.25, -0.2) is 9.97 Å². The van der Waals surface area contributed by atoms with Gasteiger partial charge in [-0.2, -0.15) is 0 Å². The van der Waals surface area contributed by atoms with Gasteiger partial charge in [0.1, 0.15) is 41.5 Å². The fourth-order valence-electron chi connectivity index (χ4n) is 28.4. The lowest BCUT2D eigenvalue weighted by molar-refractivity contribution is -0.366. The van der Waals surface area contributed by atoms with Crippen LogP contribution in [0, 0.1) is 69.0 Å². The Kier molecular flexibility index (Phi) is 12.0. The number of anilines is 1. The molecule has 15 bridgehead atoms. The van der Waals surface area contributed by atoms with E-state index < -0.39 is 103 Å². The molecule has 7 fully saturated rings. The number of aryl methyl sites for hydroxylation is 1. The number of nitrogens with zero attached hydrogens (tertiary/aromatic N) is 2. The summed E-state index contributed by atoms with van der Waals surface area (Å²) in [6, 6.07) is 12.9. The summed E-state index contributed by atoms with van der Waals surface area (Å²) in [4.78, 5) is 65.1. The number of allylic oxidation sites excluding steroid dienone is 2. The quantitative estimate of drug-likeness (QED) is 0.0566. The number of ketones is 3. The Balaban J connectivity index is 0.833. The van der Waals surface area contributed by atoms with Gasteiger partial charge in [-0.15, -0.1) is 5.92 Å². The predicted molar refractivity (Wildman–Crippen MR) is 384 cm³/mol. The molecule has 18 unspecified atom stereocenters. The maximum absolute atomic E-state index is 15.9. The van der Waals surface area contributed by atoms with Crippen molar-refractivity contribution >= 4 is 45.6 Å². The summed E-state index contributed by atoms with van der Waals surface area (Å²) in [5, 5.41) is 90.5. The van der Waals surface area contributed by atoms with Crippen LogP contribution >= 0.6 is 0 Å². The van der Waals surface area contributed by atoms with Gasteiger partial charge in [0.05, 0.1) is 46.5 Å². The summed E-state index contributed by atoms with van der Waals surface area (Å²) in [6.07, 6.45) is 22.7. The number of fused-ring (bicyclic) bond motifs is 9. The van der Waals surface area contributed by atoms with Gasteiger partial charge in [0.15, 0.2) is 17.5 Å². The Bertz CT molecular complexity index is 5210. The van der Waals surface area contributed by atoms with Crippen LogP contribution in [0.15, 0.2) is 90.6 Å². The van der Waals surface area contributed by atoms with Crippen LogP contribution in [0.4, 0.5) is 5.82 Å². The highest BCUT2D eigenvalue weighted by Gasteiger charge is 2.81. The van der Waals surface area contributed by atoms with Crippen molar-refractivity contribution in [3.8, 4) is 23.3 Å². The number of aromatic hydroxyl groups is 1. The molecule has 18 atom stereocenters. The van der Waals surface area contributed by atoms with E-state index in [4.69, 9.17) is 25.2 Å². The largest absolute Gasteiger partial charge is 0.507 e. The number of rotatable bonds is 2. The van der Waals surface area contributed by atoms with Gasteiger partial charge in [0.25, 0.3) is 5.79 Å². The zero-order chi connectivity index (χ0) is 70.1. The third-order valence-electron chi connectivity index (χ3n) is 32.1. The Morgan fingerprint density at radius 2 is 1.65 bits per heavy atom. The van der Waals surface area contributed by atoms with Gasteiger partial charge < -0.3 is 66.4 Å². The zero-order valence-electron chi connectivity index (χ0n) is 58.5. The lowest BCUT2D eigenvalue weighted by Gasteiger charge is -2.72. The molecule has 8 heterocycles. The molecule has 104 heavy (non-hydrogen) atoms. The van der Waals surface area contributed by atoms with Crippen LogP contribution in [0.1, 0.15) is 235 Å². The van der Waals surface area contributed by atoms with Crippen molar-refractivity contribution < 1.29 is 54.5 Å². The number of pyridine rings is 1. The number of phenolic OH excluding ortho intramolecular Hbond substituents is 1. The molecule has 6 saturated carbocycles. The van der Waals surface area contributed by atoms with E-state index in [0.29, 0.717) is 103 Å². The molecule has 18 nitrogen and oxygen atoms in total. The number of Topliss-reactive ketones (excluding diaryl/α,β-unsaturated/α-hetero) is 1. The number of hydrogen-bond acceptors (Lipinski definition) is 16. The van der Waals surface area contributed by atoms with Gasteiger partial charge in [0.2, 0.25) is 5.78 Å². The number of aliphatic hydroxyl groups excluding tert-OH is 5. The molecule has 3 aromatic carbocycles. The van der Waals surface area contributed by atoms with E-state index in [9.17, 15) is 30.3 Å². The Morgan fingerprint density at radius 1 is 0.808 bits per heavy atom. The van der Waals surface area contributed by atoms with E-state index >= 15 is 14.7 Å². The van der Waals surface area contributed by atoms with Crippen LogP contribution in [0.25, 0.3) is 22.4 Å². The van der Waals surface area contributed by atoms with Crippen molar-refractivity contribution in [2.75, 3.05) is 11.9 Å². The molecule has 14 aliphatic carbocycles. The Labute approximate surface area is 601 Å². The normalized spacial score (nSPS) is 40.7. The Morgan fingerprint density at radius 3 is 2.51 bits per heavy atom. The van der Waals surface area contributed by atoms with Crippen molar-refractivity contribution in [2.45, 2.75) is 219 Å². The fraction of sp³-hybridized carbons (Fsp3) is 0.523. The Hall–Kier alpha value is -7.99. The summed E-state index contributed by atoms with van der Waals surface area (Å²) in [5.41, 5.74) is 10.3. The number of nitrogens with two attached hydrogens (primary N) is 1. The zero-order valence-corrected chi connectivity index (χ0v) is 58.5. The van der Waals surface area contributed by atoms with Crippen molar-refractivity contribution in [1.29, 1.82) is 0 Å². The summed E-state index contributed by atoms with van der Waals surface area (Å²) in [6.45, 7) is 1.69. The van der Waals surface area contributed by atoms with Crippen molar-refractivity contribution in [2.24, 2.45) is 56.0 Å². The number of nitrogens with one attached hydrogen (secondary N) is 4. The molecule has 532 valence electrons. The molecule has 3 aromatic heterocycles. The number of H-pyrrole nitrogens is 2. The summed E-state index contributed by atoms with van der Waals surface area (Å²) < 4.78 is 15.6. The number of ether oxygens (including phenoxy) is 2. The number of imidazole rings is 1. The monoisotopic (exact) mass is 1390 g/mol. The van der Waals surface area contributed by atoms with E-state index in [1.165, 1.54) is 6.07 Å². The molecule has 0 amide bonds. The number of aromatic amines is 2. The lowest BCUT2D eigenvalue weighted by Crippen LogP contribution is -2.79. The number of carbonyl (C=O) groups excluding carboxylic acids is 3. The number of phenols is 1. The third-order valence-corrected chi connectivity index (χ3v) is 32.1. The van der Waals surface area contributed by atoms with E-state index in [1.807, 2.05) is 12.5 Å². The highest BCUT2D eigenvalue weighted by atomic mass is 16.7. The standard InChI is InChI=1S/C86H87N7O11/c1-42-28-51-59(56(95)29-42)67(98)62-57-34-50-49(60(62)66(51)97)14-27-89-75(50)90-37-58(96)83-39-78(17-4-5-18-78)54-8-6-20-82-21-7-19-80-22-11-45(82)33-52-61(64(54)83)65(53-35-84(103-57)72(100)68(99)73(101)85(104-84)63(53)55(83)36-79(76(85)102)25-24-77(38-79)15-2-3-16-77)93-69(52)86(80,82)71-70(91-41-92-71)81(40-80)23-12-47(94)32-46(81)31-43-9-10-48-44(30-43)13-26-88-74(48)87/h9-11,13-14,22,26-30,34-35,41,45-46,54,58,64,68,72-74,76,88,93,95-96,99-102H,2-5,7,12,15-21,23-25,31-33,36-40,87H2,1H3,(H,89,90)(H,91,92). The first kappa shape index (κ1) is 62.2. The summed E-state index contributed by atoms with van der Waals surface area (Å²) in [7, 11) is 0. The number of hydrogen-bond donors (Lipinski definition) is 11. The molecule has 18 heteroatoms. The minimum absolute atomic E-state index is 0.00608. The molecule has 19 aliphatic rings. The van der Waals surface area contributed by atoms with Gasteiger partial charge in [-0.1, -0.05) is 73.9 Å². The molecule has 25 rings (SSSR count). The maximum Gasteiger partial charge on any atom is 0.261 e. The molecule has 1 saturated heterocycles. The van der Waals surface area contributed by atoms with Crippen molar-refractivity contribution in [1.82, 2.24) is 25.3 Å². The second kappa shape index (κ2) is 20.0. The molecule has 6 aromatic rings. The number of aliphatic hydroxyl groups is 5. The van der Waals surface area contributed by atoms with Crippen LogP contribution in [-0.2, 0) is 33.2 Å². The lowest BCUT2D eigenvalue weighted by atomic mass is 9.30. The van der Waals surface area contributed by atoms with Crippen molar-refractivity contribution in [3.05, 3.63) is 169 Å². The van der Waals surface area contributed by atoms with E-state index in [0.717, 1.165) is 134 Å². The van der Waals surface area contributed by atoms with Gasteiger partial charge in [-0.05, 0) is 213 Å². The van der Waals surface area contributed by atoms with Crippen LogP contribution in [-0.4, -0.2) is 116 Å². The highest BCUT2D eigenvalue weighted by molar-refractivity contribution is 6.34. The molecule has 5 aliphatic heterocycles. The second-order valence-corrected chi connectivity index (χ2v) is 36.1. The maximum atomic E-state index is 15.9. The van der Waals surface area contributed by atoms with Gasteiger partial charge >= 0.3 is 0 Å². The van der Waals surface area contributed by atoms with E-state index in [2.05, 4.69) is 68.9 Å². The molecular weight excluding hydrogens is 1310 g/mol. The minimum Gasteiger partial charge on any atom is -0.507 e. The molecule has 0 radical (unpaired) electrons. The SMILES string of the molecule is Cc1cc(O)c2c(c1)C(=O)c1c(c3cc4c(nccc14)NCC(O)C14CC5(CCCC5)C5C#CCC67CCCC89C=CC6Cc6c([nH]c(c6C51)C1=CC5(O3)OC3(C1=C4CC1(CCC4(CCCC4)C1)C3O)C(O)C(O)C5O)C87c1[nH]cnc1C1(CCC(=O)CC1Cc1ccc3c(c1)C=CNC3N)C9)C2=O. The summed E-state index contributed by atoms with van der Waals surface area (Å²) in [5.74, 6) is 3.71. The average molecular weight is 1390 g/mol. The first-order valence-electron chi connectivity index (χ1n) is 38.9. The topological polar surface area (TPSA) is 298 Å².